The number of carbonyl (C=O) groups excluding carboxylic acids is 2. The van der Waals surface area contributed by atoms with Gasteiger partial charge in [-0.2, -0.15) is 0 Å². The van der Waals surface area contributed by atoms with E-state index in [2.05, 4.69) is 15.4 Å². The molecule has 2 aliphatic rings. The number of hydrogen-bond acceptors (Lipinski definition) is 6. The van der Waals surface area contributed by atoms with Crippen LogP contribution >= 0.6 is 23.7 Å². The van der Waals surface area contributed by atoms with E-state index in [1.165, 1.54) is 17.6 Å². The van der Waals surface area contributed by atoms with Crippen LogP contribution in [-0.4, -0.2) is 45.2 Å². The fourth-order valence-electron chi connectivity index (χ4n) is 3.24. The summed E-state index contributed by atoms with van der Waals surface area (Å²) in [5, 5.41) is 6.14. The van der Waals surface area contributed by atoms with Gasteiger partial charge in [-0.15, -0.1) is 23.7 Å². The molecule has 0 saturated carbocycles. The van der Waals surface area contributed by atoms with E-state index in [1.54, 1.807) is 11.3 Å². The van der Waals surface area contributed by atoms with E-state index in [1.807, 2.05) is 6.07 Å². The molecule has 0 atom stereocenters. The minimum atomic E-state index is -0.321. The first-order valence-corrected chi connectivity index (χ1v) is 8.79. The Bertz CT molecular complexity index is 599. The molecule has 134 valence electrons. The zero-order valence-corrected chi connectivity index (χ0v) is 15.3. The minimum Gasteiger partial charge on any atom is -0.469 e. The third-order valence-corrected chi connectivity index (χ3v) is 5.68. The Kier molecular flexibility index (Phi) is 6.62. The van der Waals surface area contributed by atoms with Gasteiger partial charge in [-0.25, -0.2) is 0 Å². The van der Waals surface area contributed by atoms with Gasteiger partial charge in [0.25, 0.3) is 5.91 Å². The Morgan fingerprint density at radius 3 is 2.88 bits per heavy atom. The van der Waals surface area contributed by atoms with E-state index in [0.717, 1.165) is 39.0 Å². The Morgan fingerprint density at radius 1 is 1.42 bits per heavy atom. The quantitative estimate of drug-likeness (QED) is 0.783. The lowest BCUT2D eigenvalue weighted by Crippen LogP contribution is -2.44. The highest BCUT2D eigenvalue weighted by Gasteiger charge is 2.40. The van der Waals surface area contributed by atoms with Crippen molar-refractivity contribution in [3.8, 4) is 0 Å². The SMILES string of the molecule is COC(=O)CCNC(=O)c1cc2c(s1)CCOC21CCNCC1.Cl. The summed E-state index contributed by atoms with van der Waals surface area (Å²) in [4.78, 5) is 25.4. The standard InChI is InChI=1S/C16H22N2O4S.ClH/c1-21-14(19)2-6-18-15(20)13-10-11-12(23-13)3-9-22-16(11)4-7-17-8-5-16;/h10,17H,2-9H2,1H3,(H,18,20);1H. The summed E-state index contributed by atoms with van der Waals surface area (Å²) in [6.07, 6.45) is 2.94. The molecule has 1 saturated heterocycles. The van der Waals surface area contributed by atoms with Crippen LogP contribution in [-0.2, 0) is 26.3 Å². The maximum absolute atomic E-state index is 12.3. The van der Waals surface area contributed by atoms with Crippen LogP contribution in [0.4, 0.5) is 0 Å². The maximum Gasteiger partial charge on any atom is 0.307 e. The van der Waals surface area contributed by atoms with E-state index in [9.17, 15) is 9.59 Å². The fourth-order valence-corrected chi connectivity index (χ4v) is 4.39. The lowest BCUT2D eigenvalue weighted by atomic mass is 9.83. The Balaban J connectivity index is 0.00000208. The second-order valence-corrected chi connectivity index (χ2v) is 7.01. The van der Waals surface area contributed by atoms with Crippen molar-refractivity contribution in [3.63, 3.8) is 0 Å². The monoisotopic (exact) mass is 374 g/mol. The molecule has 0 radical (unpaired) electrons. The zero-order valence-electron chi connectivity index (χ0n) is 13.7. The number of amides is 1. The van der Waals surface area contributed by atoms with E-state index in [4.69, 9.17) is 4.74 Å². The molecule has 1 amide bonds. The number of fused-ring (bicyclic) bond motifs is 2. The molecule has 8 heteroatoms. The van der Waals surface area contributed by atoms with Crippen molar-refractivity contribution in [2.24, 2.45) is 0 Å². The predicted octanol–water partition coefficient (Wildman–Crippen LogP) is 1.61. The van der Waals surface area contributed by atoms with Crippen molar-refractivity contribution in [1.82, 2.24) is 10.6 Å². The van der Waals surface area contributed by atoms with Gasteiger partial charge in [-0.05, 0) is 37.6 Å². The number of halogens is 1. The predicted molar refractivity (Wildman–Crippen MR) is 94.0 cm³/mol. The minimum absolute atomic E-state index is 0. The van der Waals surface area contributed by atoms with Crippen LogP contribution < -0.4 is 10.6 Å². The van der Waals surface area contributed by atoms with Crippen LogP contribution in [0.25, 0.3) is 0 Å². The van der Waals surface area contributed by atoms with E-state index in [-0.39, 0.29) is 36.3 Å². The number of hydrogen-bond donors (Lipinski definition) is 2. The zero-order chi connectivity index (χ0) is 16.3. The number of piperidine rings is 1. The molecule has 1 spiro atoms. The summed E-state index contributed by atoms with van der Waals surface area (Å²) in [6, 6.07) is 1.98. The molecule has 3 rings (SSSR count). The first-order valence-electron chi connectivity index (χ1n) is 7.97. The summed E-state index contributed by atoms with van der Waals surface area (Å²) in [5.41, 5.74) is 0.966. The summed E-state index contributed by atoms with van der Waals surface area (Å²) in [5.74, 6) is -0.449. The normalized spacial score (nSPS) is 18.4. The van der Waals surface area contributed by atoms with Gasteiger partial charge in [0.05, 0.1) is 30.6 Å². The molecule has 1 fully saturated rings. The average molecular weight is 375 g/mol. The smallest absolute Gasteiger partial charge is 0.307 e. The van der Waals surface area contributed by atoms with Gasteiger partial charge in [-0.3, -0.25) is 9.59 Å². The van der Waals surface area contributed by atoms with Crippen LogP contribution in [0.3, 0.4) is 0 Å². The first-order chi connectivity index (χ1) is 11.1. The molecule has 0 bridgehead atoms. The first kappa shape index (κ1) is 19.2. The second kappa shape index (κ2) is 8.29. The van der Waals surface area contributed by atoms with Gasteiger partial charge in [-0.1, -0.05) is 0 Å². The highest BCUT2D eigenvalue weighted by Crippen LogP contribution is 2.43. The number of rotatable bonds is 4. The highest BCUT2D eigenvalue weighted by atomic mass is 35.5. The largest absolute Gasteiger partial charge is 0.469 e. The van der Waals surface area contributed by atoms with Crippen LogP contribution in [0.2, 0.25) is 0 Å². The van der Waals surface area contributed by atoms with Crippen molar-refractivity contribution in [2.45, 2.75) is 31.3 Å². The average Bonchev–Trinajstić information content (AvgIpc) is 3.01. The number of thiophene rings is 1. The number of esters is 1. The summed E-state index contributed by atoms with van der Waals surface area (Å²) in [7, 11) is 1.34. The fraction of sp³-hybridized carbons (Fsp3) is 0.625. The van der Waals surface area contributed by atoms with Gasteiger partial charge in [0, 0.05) is 17.8 Å². The summed E-state index contributed by atoms with van der Waals surface area (Å²) in [6.45, 7) is 2.89. The number of ether oxygens (including phenoxy) is 2. The maximum atomic E-state index is 12.3. The van der Waals surface area contributed by atoms with E-state index in [0.29, 0.717) is 11.4 Å². The summed E-state index contributed by atoms with van der Waals surface area (Å²) >= 11 is 1.55. The Morgan fingerprint density at radius 2 is 2.17 bits per heavy atom. The molecule has 1 aromatic heterocycles. The molecule has 2 N–H and O–H groups in total. The molecule has 2 aliphatic heterocycles. The van der Waals surface area contributed by atoms with Gasteiger partial charge in [0.2, 0.25) is 0 Å². The topological polar surface area (TPSA) is 76.7 Å². The lowest BCUT2D eigenvalue weighted by Gasteiger charge is -2.40. The third-order valence-electron chi connectivity index (χ3n) is 4.48. The molecule has 0 unspecified atom stereocenters. The Hall–Kier alpha value is -1.15. The van der Waals surface area contributed by atoms with Gasteiger partial charge >= 0.3 is 5.97 Å². The van der Waals surface area contributed by atoms with Crippen LogP contribution in [0.5, 0.6) is 0 Å². The van der Waals surface area contributed by atoms with Crippen molar-refractivity contribution in [2.75, 3.05) is 33.4 Å². The van der Waals surface area contributed by atoms with Crippen LogP contribution in [0.1, 0.15) is 39.4 Å². The van der Waals surface area contributed by atoms with Gasteiger partial charge < -0.3 is 20.1 Å². The Labute approximate surface area is 151 Å². The van der Waals surface area contributed by atoms with Crippen LogP contribution in [0.15, 0.2) is 6.07 Å². The molecule has 0 aliphatic carbocycles. The highest BCUT2D eigenvalue weighted by molar-refractivity contribution is 7.14. The van der Waals surface area contributed by atoms with Crippen molar-refractivity contribution < 1.29 is 19.1 Å². The van der Waals surface area contributed by atoms with Gasteiger partial charge in [0.15, 0.2) is 0 Å². The van der Waals surface area contributed by atoms with Crippen molar-refractivity contribution in [3.05, 3.63) is 21.4 Å². The second-order valence-electron chi connectivity index (χ2n) is 5.87. The molecule has 24 heavy (non-hydrogen) atoms. The molecule has 0 aromatic carbocycles. The molecular weight excluding hydrogens is 352 g/mol. The number of methoxy groups -OCH3 is 1. The summed E-state index contributed by atoms with van der Waals surface area (Å²) < 4.78 is 10.7. The molecular formula is C16H23ClN2O4S. The van der Waals surface area contributed by atoms with Crippen LogP contribution in [0, 0.1) is 0 Å². The number of carbonyl (C=O) groups is 2. The molecule has 1 aromatic rings. The number of nitrogens with one attached hydrogen (secondary N) is 2. The van der Waals surface area contributed by atoms with E-state index >= 15 is 0 Å². The van der Waals surface area contributed by atoms with Gasteiger partial charge in [0.1, 0.15) is 0 Å². The molecule has 3 heterocycles. The lowest BCUT2D eigenvalue weighted by molar-refractivity contribution is -0.140. The molecule has 6 nitrogen and oxygen atoms in total. The van der Waals surface area contributed by atoms with Crippen molar-refractivity contribution in [1.29, 1.82) is 0 Å². The van der Waals surface area contributed by atoms with Crippen molar-refractivity contribution >= 4 is 35.6 Å². The third kappa shape index (κ3) is 3.91. The van der Waals surface area contributed by atoms with E-state index < -0.39 is 0 Å².